The molecule has 2 rings (SSSR count). The van der Waals surface area contributed by atoms with Gasteiger partial charge in [0.25, 0.3) is 5.69 Å². The fourth-order valence-electron chi connectivity index (χ4n) is 1.61. The van der Waals surface area contributed by atoms with Crippen molar-refractivity contribution in [1.82, 2.24) is 0 Å². The number of carbonyl (C=O) groups excluding carboxylic acids is 1. The number of nitrogens with zero attached hydrogens (tertiary/aromatic N) is 1. The zero-order valence-corrected chi connectivity index (χ0v) is 9.87. The van der Waals surface area contributed by atoms with Gasteiger partial charge < -0.3 is 0 Å². The molecule has 0 aliphatic carbocycles. The highest BCUT2D eigenvalue weighted by atomic mass is 16.6. The highest BCUT2D eigenvalue weighted by molar-refractivity contribution is 6.27. The Morgan fingerprint density at radius 1 is 0.947 bits per heavy atom. The number of rotatable bonds is 4. The van der Waals surface area contributed by atoms with Gasteiger partial charge in [0, 0.05) is 29.8 Å². The molecule has 0 atom stereocenters. The summed E-state index contributed by atoms with van der Waals surface area (Å²) >= 11 is 0. The maximum Gasteiger partial charge on any atom is 0.269 e. The van der Waals surface area contributed by atoms with Gasteiger partial charge in [0.1, 0.15) is 0 Å². The number of ketones is 1. The van der Waals surface area contributed by atoms with Crippen LogP contribution in [-0.2, 0) is 0 Å². The van der Waals surface area contributed by atoms with Gasteiger partial charge in [-0.1, -0.05) is 30.3 Å². The molecular weight excluding hydrogens is 242 g/mol. The summed E-state index contributed by atoms with van der Waals surface area (Å²) < 4.78 is 0. The first kappa shape index (κ1) is 12.7. The number of hydrogen-bond donors (Lipinski definition) is 0. The molecule has 4 nitrogen and oxygen atoms in total. The van der Waals surface area contributed by atoms with Gasteiger partial charge in [0.2, 0.25) is 0 Å². The van der Waals surface area contributed by atoms with E-state index < -0.39 is 10.7 Å². The molecule has 0 saturated heterocycles. The predicted molar refractivity (Wildman–Crippen MR) is 70.5 cm³/mol. The maximum absolute atomic E-state index is 12.0. The third-order valence-corrected chi connectivity index (χ3v) is 2.63. The number of nitro groups is 1. The van der Waals surface area contributed by atoms with Crippen LogP contribution < -0.4 is 0 Å². The van der Waals surface area contributed by atoms with Crippen molar-refractivity contribution in [3.63, 3.8) is 0 Å². The highest BCUT2D eigenvalue weighted by Gasteiger charge is 2.13. The third kappa shape index (κ3) is 2.74. The predicted octanol–water partition coefficient (Wildman–Crippen LogP) is 3.17. The molecule has 0 heterocycles. The van der Waals surface area contributed by atoms with Crippen molar-refractivity contribution in [3.8, 4) is 0 Å². The monoisotopic (exact) mass is 251 g/mol. The van der Waals surface area contributed by atoms with Crippen LogP contribution in [0.1, 0.15) is 15.9 Å². The van der Waals surface area contributed by atoms with Crippen LogP contribution in [-0.4, -0.2) is 10.7 Å². The highest BCUT2D eigenvalue weighted by Crippen LogP contribution is 2.20. The molecular formula is C15H9NO3. The molecule has 0 spiro atoms. The van der Waals surface area contributed by atoms with Crippen molar-refractivity contribution in [1.29, 1.82) is 0 Å². The third-order valence-electron chi connectivity index (χ3n) is 2.63. The van der Waals surface area contributed by atoms with Crippen LogP contribution >= 0.6 is 0 Å². The minimum absolute atomic E-state index is 0.0660. The molecule has 0 amide bonds. The van der Waals surface area contributed by atoms with Gasteiger partial charge in [0.15, 0.2) is 5.78 Å². The molecule has 2 radical (unpaired) electrons. The smallest absolute Gasteiger partial charge is 0.269 e. The molecule has 0 aliphatic heterocycles. The van der Waals surface area contributed by atoms with E-state index in [0.29, 0.717) is 11.1 Å². The van der Waals surface area contributed by atoms with Crippen LogP contribution in [0.5, 0.6) is 0 Å². The lowest BCUT2D eigenvalue weighted by Gasteiger charge is -2.04. The molecule has 0 saturated carbocycles. The van der Waals surface area contributed by atoms with E-state index in [1.165, 1.54) is 24.3 Å². The molecule has 0 fully saturated rings. The first-order chi connectivity index (χ1) is 9.09. The van der Waals surface area contributed by atoms with Gasteiger partial charge in [-0.3, -0.25) is 14.9 Å². The number of hydrogen-bond acceptors (Lipinski definition) is 3. The second kappa shape index (κ2) is 5.27. The van der Waals surface area contributed by atoms with Gasteiger partial charge in [-0.15, -0.1) is 0 Å². The molecule has 2 aromatic carbocycles. The van der Waals surface area contributed by atoms with Crippen LogP contribution in [0.2, 0.25) is 0 Å². The van der Waals surface area contributed by atoms with Crippen LogP contribution in [0.4, 0.5) is 5.69 Å². The number of allylic oxidation sites excluding steroid dienone is 1. The number of benzene rings is 2. The normalized spacial score (nSPS) is 9.89. The minimum atomic E-state index is -0.521. The summed E-state index contributed by atoms with van der Waals surface area (Å²) in [5.74, 6) is -0.408. The lowest BCUT2D eigenvalue weighted by atomic mass is 9.98. The van der Waals surface area contributed by atoms with Crippen LogP contribution in [0.25, 0.3) is 5.57 Å². The van der Waals surface area contributed by atoms with E-state index in [4.69, 9.17) is 6.58 Å². The Bertz CT molecular complexity index is 630. The number of non-ortho nitro benzene ring substituents is 1. The summed E-state index contributed by atoms with van der Waals surface area (Å²) in [6, 6.07) is 13.8. The van der Waals surface area contributed by atoms with E-state index in [1.807, 2.05) is 0 Å². The van der Waals surface area contributed by atoms with Gasteiger partial charge in [-0.05, 0) is 17.7 Å². The van der Waals surface area contributed by atoms with E-state index in [-0.39, 0.29) is 11.3 Å². The largest absolute Gasteiger partial charge is 0.289 e. The zero-order valence-electron chi connectivity index (χ0n) is 9.87. The fourth-order valence-corrected chi connectivity index (χ4v) is 1.61. The zero-order chi connectivity index (χ0) is 13.8. The molecule has 92 valence electrons. The van der Waals surface area contributed by atoms with Crippen LogP contribution in [0.3, 0.4) is 0 Å². The first-order valence-corrected chi connectivity index (χ1v) is 5.52. The van der Waals surface area contributed by atoms with Gasteiger partial charge in [0.05, 0.1) is 4.92 Å². The average molecular weight is 251 g/mol. The van der Waals surface area contributed by atoms with E-state index in [9.17, 15) is 14.9 Å². The Kier molecular flexibility index (Phi) is 3.52. The van der Waals surface area contributed by atoms with Gasteiger partial charge >= 0.3 is 0 Å². The van der Waals surface area contributed by atoms with Crippen molar-refractivity contribution in [2.75, 3.05) is 0 Å². The Morgan fingerprint density at radius 3 is 2.05 bits per heavy atom. The molecule has 0 N–H and O–H groups in total. The summed E-state index contributed by atoms with van der Waals surface area (Å²) in [5.41, 5.74) is 0.537. The molecule has 0 unspecified atom stereocenters. The SMILES string of the molecule is [C]=C(C(=O)c1ccccc1)c1ccc([N+](=O)[O-])cc1. The molecule has 0 aromatic heterocycles. The van der Waals surface area contributed by atoms with Crippen molar-refractivity contribution >= 4 is 17.0 Å². The first-order valence-electron chi connectivity index (χ1n) is 5.52. The summed E-state index contributed by atoms with van der Waals surface area (Å²) in [4.78, 5) is 22.0. The van der Waals surface area contributed by atoms with Crippen molar-refractivity contribution in [3.05, 3.63) is 82.4 Å². The minimum Gasteiger partial charge on any atom is -0.289 e. The average Bonchev–Trinajstić information content (AvgIpc) is 2.46. The summed E-state index contributed by atoms with van der Waals surface area (Å²) in [6.07, 6.45) is 0. The molecule has 2 aromatic rings. The van der Waals surface area contributed by atoms with Crippen molar-refractivity contribution < 1.29 is 9.72 Å². The molecule has 0 bridgehead atoms. The Morgan fingerprint density at radius 2 is 1.53 bits per heavy atom. The van der Waals surface area contributed by atoms with Crippen LogP contribution in [0, 0.1) is 16.7 Å². The second-order valence-electron chi connectivity index (χ2n) is 3.87. The van der Waals surface area contributed by atoms with Crippen molar-refractivity contribution in [2.24, 2.45) is 0 Å². The van der Waals surface area contributed by atoms with Crippen molar-refractivity contribution in [2.45, 2.75) is 0 Å². The summed E-state index contributed by atoms with van der Waals surface area (Å²) in [6.45, 7) is 7.83. The Labute approximate surface area is 110 Å². The molecule has 0 aliphatic rings. The maximum atomic E-state index is 12.0. The molecule has 4 heteroatoms. The van der Waals surface area contributed by atoms with E-state index in [0.717, 1.165) is 0 Å². The van der Waals surface area contributed by atoms with Gasteiger partial charge in [-0.25, -0.2) is 0 Å². The fraction of sp³-hybridized carbons (Fsp3) is 0. The standard InChI is InChI=1S/C15H9NO3/c1-11(15(17)13-5-3-2-4-6-13)12-7-9-14(10-8-12)16(18)19/h2-10H. The van der Waals surface area contributed by atoms with E-state index in [2.05, 4.69) is 0 Å². The quantitative estimate of drug-likeness (QED) is 0.363. The summed E-state index contributed by atoms with van der Waals surface area (Å²) in [5, 5.41) is 10.5. The topological polar surface area (TPSA) is 60.2 Å². The van der Waals surface area contributed by atoms with Crippen LogP contribution in [0.15, 0.2) is 54.6 Å². The van der Waals surface area contributed by atoms with E-state index >= 15 is 0 Å². The Balaban J connectivity index is 2.25. The number of carbonyl (C=O) groups is 1. The second-order valence-corrected chi connectivity index (χ2v) is 3.87. The lowest BCUT2D eigenvalue weighted by Crippen LogP contribution is -2.01. The Hall–Kier alpha value is -2.75. The van der Waals surface area contributed by atoms with Gasteiger partial charge in [-0.2, -0.15) is 0 Å². The summed E-state index contributed by atoms with van der Waals surface area (Å²) in [7, 11) is 0. The van der Waals surface area contributed by atoms with E-state index in [1.54, 1.807) is 30.3 Å². The number of nitro benzene ring substituents is 1. The number of Topliss-reactive ketones (excluding diaryl/α,β-unsaturated/α-hetero) is 1. The lowest BCUT2D eigenvalue weighted by molar-refractivity contribution is -0.384. The molecule has 19 heavy (non-hydrogen) atoms.